The first-order valence-corrected chi connectivity index (χ1v) is 8.76. The van der Waals surface area contributed by atoms with E-state index in [1.807, 2.05) is 30.3 Å². The zero-order valence-corrected chi connectivity index (χ0v) is 14.6. The summed E-state index contributed by atoms with van der Waals surface area (Å²) in [6.45, 7) is 7.11. The van der Waals surface area contributed by atoms with Crippen LogP contribution < -0.4 is 15.0 Å². The van der Waals surface area contributed by atoms with Crippen LogP contribution in [0.2, 0.25) is 0 Å². The Labute approximate surface area is 152 Å². The Kier molecular flexibility index (Phi) is 4.42. The van der Waals surface area contributed by atoms with Gasteiger partial charge in [-0.2, -0.15) is 5.26 Å². The summed E-state index contributed by atoms with van der Waals surface area (Å²) in [5.74, 6) is 1.96. The van der Waals surface area contributed by atoms with Gasteiger partial charge in [0.25, 0.3) is 0 Å². The minimum absolute atomic E-state index is 0.372. The number of hydrogen-bond acceptors (Lipinski definition) is 7. The number of rotatable bonds is 3. The summed E-state index contributed by atoms with van der Waals surface area (Å²) in [4.78, 5) is 13.3. The van der Waals surface area contributed by atoms with Crippen molar-refractivity contribution in [3.05, 3.63) is 48.2 Å². The number of hydrogen-bond donors (Lipinski definition) is 1. The molecule has 0 amide bonds. The number of benzene rings is 1. The summed E-state index contributed by atoms with van der Waals surface area (Å²) < 4.78 is 5.79. The lowest BCUT2D eigenvalue weighted by molar-refractivity contribution is 0.270. The quantitative estimate of drug-likeness (QED) is 0.853. The number of fused-ring (bicyclic) bond motifs is 1. The van der Waals surface area contributed by atoms with Crippen LogP contribution in [0, 0.1) is 11.3 Å². The first kappa shape index (κ1) is 16.4. The van der Waals surface area contributed by atoms with Gasteiger partial charge >= 0.3 is 0 Å². The molecule has 132 valence electrons. The number of anilines is 2. The molecule has 0 saturated carbocycles. The van der Waals surface area contributed by atoms with Crippen LogP contribution in [0.25, 0.3) is 5.57 Å². The largest absolute Gasteiger partial charge is 0.437 e. The van der Waals surface area contributed by atoms with Crippen LogP contribution in [0.4, 0.5) is 11.5 Å². The van der Waals surface area contributed by atoms with E-state index in [4.69, 9.17) is 4.74 Å². The summed E-state index contributed by atoms with van der Waals surface area (Å²) in [6.07, 6.45) is 1.51. The van der Waals surface area contributed by atoms with Gasteiger partial charge in [-0.05, 0) is 18.7 Å². The van der Waals surface area contributed by atoms with E-state index in [1.165, 1.54) is 6.33 Å². The molecular formula is C19H20N6O. The van der Waals surface area contributed by atoms with E-state index in [-0.39, 0.29) is 0 Å². The van der Waals surface area contributed by atoms with Crippen molar-refractivity contribution in [1.82, 2.24) is 14.9 Å². The summed E-state index contributed by atoms with van der Waals surface area (Å²) in [5.41, 5.74) is 1.78. The van der Waals surface area contributed by atoms with Crippen LogP contribution in [-0.2, 0) is 0 Å². The summed E-state index contributed by atoms with van der Waals surface area (Å²) in [7, 11) is 0. The number of likely N-dealkylation sites (N-methyl/N-ethyl adjacent to an activating group) is 1. The molecule has 1 aromatic heterocycles. The van der Waals surface area contributed by atoms with E-state index in [2.05, 4.69) is 38.1 Å². The highest BCUT2D eigenvalue weighted by atomic mass is 16.5. The molecule has 2 aliphatic heterocycles. The Morgan fingerprint density at radius 1 is 1.23 bits per heavy atom. The lowest BCUT2D eigenvalue weighted by atomic mass is 10.2. The summed E-state index contributed by atoms with van der Waals surface area (Å²) in [6, 6.07) is 11.7. The maximum absolute atomic E-state index is 9.68. The van der Waals surface area contributed by atoms with Gasteiger partial charge in [-0.1, -0.05) is 19.1 Å². The van der Waals surface area contributed by atoms with Gasteiger partial charge < -0.3 is 19.9 Å². The molecule has 0 radical (unpaired) electrons. The third kappa shape index (κ3) is 3.07. The van der Waals surface area contributed by atoms with Gasteiger partial charge in [0.1, 0.15) is 23.8 Å². The number of nitrogens with one attached hydrogen (secondary N) is 1. The molecule has 1 fully saturated rings. The van der Waals surface area contributed by atoms with Gasteiger partial charge in [0.05, 0.1) is 11.4 Å². The Hall–Kier alpha value is -3.11. The number of allylic oxidation sites excluding steroid dienone is 1. The van der Waals surface area contributed by atoms with Crippen molar-refractivity contribution in [3.8, 4) is 11.8 Å². The predicted molar refractivity (Wildman–Crippen MR) is 99.6 cm³/mol. The topological polar surface area (TPSA) is 77.3 Å². The Morgan fingerprint density at radius 2 is 2.04 bits per heavy atom. The Balaban J connectivity index is 1.60. The first-order chi connectivity index (χ1) is 12.8. The zero-order valence-electron chi connectivity index (χ0n) is 14.6. The average molecular weight is 348 g/mol. The van der Waals surface area contributed by atoms with Crippen molar-refractivity contribution in [2.75, 3.05) is 42.9 Å². The van der Waals surface area contributed by atoms with Crippen molar-refractivity contribution in [3.63, 3.8) is 0 Å². The van der Waals surface area contributed by atoms with Gasteiger partial charge in [0, 0.05) is 32.2 Å². The second-order valence-corrected chi connectivity index (χ2v) is 6.22. The lowest BCUT2D eigenvalue weighted by Crippen LogP contribution is -2.46. The fraction of sp³-hybridized carbons (Fsp3) is 0.316. The van der Waals surface area contributed by atoms with Crippen LogP contribution in [0.5, 0.6) is 5.75 Å². The number of para-hydroxylation sites is 2. The van der Waals surface area contributed by atoms with Crippen molar-refractivity contribution in [1.29, 1.82) is 5.26 Å². The van der Waals surface area contributed by atoms with E-state index in [0.717, 1.165) is 44.2 Å². The van der Waals surface area contributed by atoms with E-state index in [0.29, 0.717) is 22.9 Å². The number of aromatic nitrogens is 2. The normalized spacial score (nSPS) is 18.5. The fourth-order valence-corrected chi connectivity index (χ4v) is 3.20. The molecule has 7 nitrogen and oxygen atoms in total. The van der Waals surface area contributed by atoms with Gasteiger partial charge in [-0.3, -0.25) is 0 Å². The van der Waals surface area contributed by atoms with E-state index in [9.17, 15) is 5.26 Å². The highest BCUT2D eigenvalue weighted by Crippen LogP contribution is 2.35. The van der Waals surface area contributed by atoms with Gasteiger partial charge in [-0.15, -0.1) is 0 Å². The van der Waals surface area contributed by atoms with Crippen LogP contribution in [0.3, 0.4) is 0 Å². The lowest BCUT2D eigenvalue weighted by Gasteiger charge is -2.34. The van der Waals surface area contributed by atoms with Gasteiger partial charge in [0.15, 0.2) is 5.75 Å². The molecule has 0 bridgehead atoms. The second kappa shape index (κ2) is 7.02. The molecule has 0 aliphatic carbocycles. The average Bonchev–Trinajstić information content (AvgIpc) is 3.12. The molecule has 1 saturated heterocycles. The van der Waals surface area contributed by atoms with Gasteiger partial charge in [-0.25, -0.2) is 9.97 Å². The van der Waals surface area contributed by atoms with Crippen LogP contribution >= 0.6 is 0 Å². The minimum atomic E-state index is 0.372. The number of ether oxygens (including phenoxy) is 1. The molecule has 3 heterocycles. The van der Waals surface area contributed by atoms with E-state index >= 15 is 0 Å². The third-order valence-corrected chi connectivity index (χ3v) is 4.74. The molecule has 1 N–H and O–H groups in total. The monoisotopic (exact) mass is 348 g/mol. The molecule has 1 aromatic carbocycles. The molecule has 7 heteroatoms. The molecule has 0 atom stereocenters. The molecule has 2 aliphatic rings. The molecule has 0 unspecified atom stereocenters. The maximum atomic E-state index is 9.68. The number of nitrogens with zero attached hydrogens (tertiary/aromatic N) is 5. The van der Waals surface area contributed by atoms with Crippen molar-refractivity contribution in [2.45, 2.75) is 6.92 Å². The third-order valence-electron chi connectivity index (χ3n) is 4.74. The van der Waals surface area contributed by atoms with Crippen molar-refractivity contribution >= 4 is 17.1 Å². The summed E-state index contributed by atoms with van der Waals surface area (Å²) in [5, 5.41) is 12.8. The van der Waals surface area contributed by atoms with E-state index < -0.39 is 0 Å². The molecule has 26 heavy (non-hydrogen) atoms. The van der Waals surface area contributed by atoms with Crippen molar-refractivity contribution in [2.24, 2.45) is 0 Å². The SMILES string of the molecule is CCN1CCN(c2cc(/C(C#N)=C3/Nc4ccccc4O3)ncn2)CC1. The Bertz CT molecular complexity index is 853. The first-order valence-electron chi connectivity index (χ1n) is 8.76. The molecule has 2 aromatic rings. The molecule has 0 spiro atoms. The maximum Gasteiger partial charge on any atom is 0.218 e. The molecule has 4 rings (SSSR count). The fourth-order valence-electron chi connectivity index (χ4n) is 3.20. The van der Waals surface area contributed by atoms with Gasteiger partial charge in [0.2, 0.25) is 5.88 Å². The molecular weight excluding hydrogens is 328 g/mol. The second-order valence-electron chi connectivity index (χ2n) is 6.22. The van der Waals surface area contributed by atoms with Crippen LogP contribution in [-0.4, -0.2) is 47.6 Å². The number of nitriles is 1. The van der Waals surface area contributed by atoms with Crippen molar-refractivity contribution < 1.29 is 4.74 Å². The zero-order chi connectivity index (χ0) is 17.9. The standard InChI is InChI=1S/C19H20N6O/c1-2-24-7-9-25(10-8-24)18-11-16(21-13-22-18)14(12-20)19-23-15-5-3-4-6-17(15)26-19/h3-6,11,13,23H,2,7-10H2,1H3/b19-14-. The minimum Gasteiger partial charge on any atom is -0.437 e. The van der Waals surface area contributed by atoms with E-state index in [1.54, 1.807) is 0 Å². The number of piperazine rings is 1. The predicted octanol–water partition coefficient (Wildman–Crippen LogP) is 2.32. The Morgan fingerprint density at radius 3 is 2.77 bits per heavy atom. The highest BCUT2D eigenvalue weighted by molar-refractivity contribution is 5.82. The van der Waals surface area contributed by atoms with Crippen LogP contribution in [0.15, 0.2) is 42.5 Å². The van der Waals surface area contributed by atoms with Crippen LogP contribution in [0.1, 0.15) is 12.6 Å². The summed E-state index contributed by atoms with van der Waals surface area (Å²) >= 11 is 0. The highest BCUT2D eigenvalue weighted by Gasteiger charge is 2.23. The smallest absolute Gasteiger partial charge is 0.218 e.